The van der Waals surface area contributed by atoms with Crippen LogP contribution in [0.3, 0.4) is 0 Å². The Kier molecular flexibility index (Phi) is 6.10. The maximum absolute atomic E-state index is 11.7. The van der Waals surface area contributed by atoms with Gasteiger partial charge in [0.05, 0.1) is 0 Å². The first-order valence-corrected chi connectivity index (χ1v) is 7.93. The molecule has 0 radical (unpaired) electrons. The van der Waals surface area contributed by atoms with Crippen molar-refractivity contribution in [3.63, 3.8) is 0 Å². The highest BCUT2D eigenvalue weighted by Crippen LogP contribution is 2.15. The van der Waals surface area contributed by atoms with Gasteiger partial charge < -0.3 is 5.32 Å². The van der Waals surface area contributed by atoms with Crippen LogP contribution >= 0.6 is 11.8 Å². The molecule has 0 aliphatic carbocycles. The first kappa shape index (κ1) is 15.4. The van der Waals surface area contributed by atoms with Gasteiger partial charge in [-0.3, -0.25) is 4.79 Å². The van der Waals surface area contributed by atoms with Crippen molar-refractivity contribution in [2.45, 2.75) is 11.8 Å². The second kappa shape index (κ2) is 8.32. The molecule has 0 heterocycles. The van der Waals surface area contributed by atoms with Crippen LogP contribution in [0.5, 0.6) is 0 Å². The standard InChI is InChI=1S/C18H19NOS/c1-15-7-9-16(10-8-15)11-12-18(20)19-13-14-21-17-5-3-2-4-6-17/h2-12H,13-14H2,1H3,(H,19,20)/b12-11+. The summed E-state index contributed by atoms with van der Waals surface area (Å²) in [5, 5.41) is 2.89. The fraction of sp³-hybridized carbons (Fsp3) is 0.167. The maximum atomic E-state index is 11.7. The Morgan fingerprint density at radius 2 is 1.81 bits per heavy atom. The number of thioether (sulfide) groups is 1. The van der Waals surface area contributed by atoms with Crippen molar-refractivity contribution >= 4 is 23.7 Å². The third-order valence-corrected chi connectivity index (χ3v) is 3.93. The van der Waals surface area contributed by atoms with E-state index in [4.69, 9.17) is 0 Å². The number of carbonyl (C=O) groups is 1. The predicted octanol–water partition coefficient (Wildman–Crippen LogP) is 3.92. The van der Waals surface area contributed by atoms with Crippen molar-refractivity contribution < 1.29 is 4.79 Å². The lowest BCUT2D eigenvalue weighted by Crippen LogP contribution is -2.23. The summed E-state index contributed by atoms with van der Waals surface area (Å²) in [4.78, 5) is 12.9. The second-order valence-corrected chi connectivity index (χ2v) is 5.86. The van der Waals surface area contributed by atoms with Crippen LogP contribution in [-0.2, 0) is 4.79 Å². The lowest BCUT2D eigenvalue weighted by molar-refractivity contribution is -0.116. The number of nitrogens with one attached hydrogen (secondary N) is 1. The summed E-state index contributed by atoms with van der Waals surface area (Å²) in [5.41, 5.74) is 2.25. The first-order valence-electron chi connectivity index (χ1n) is 6.94. The second-order valence-electron chi connectivity index (χ2n) is 4.70. The van der Waals surface area contributed by atoms with Crippen molar-refractivity contribution in [2.24, 2.45) is 0 Å². The normalized spacial score (nSPS) is 10.7. The van der Waals surface area contributed by atoms with Crippen LogP contribution < -0.4 is 5.32 Å². The third kappa shape index (κ3) is 5.88. The fourth-order valence-corrected chi connectivity index (χ4v) is 2.56. The van der Waals surface area contributed by atoms with Gasteiger partial charge in [-0.15, -0.1) is 11.8 Å². The minimum Gasteiger partial charge on any atom is -0.352 e. The Morgan fingerprint density at radius 3 is 2.52 bits per heavy atom. The maximum Gasteiger partial charge on any atom is 0.244 e. The molecule has 0 atom stereocenters. The van der Waals surface area contributed by atoms with E-state index in [9.17, 15) is 4.79 Å². The van der Waals surface area contributed by atoms with E-state index in [2.05, 4.69) is 17.4 Å². The Labute approximate surface area is 130 Å². The minimum atomic E-state index is -0.0516. The quantitative estimate of drug-likeness (QED) is 0.497. The molecule has 2 aromatic rings. The third-order valence-electron chi connectivity index (χ3n) is 2.92. The molecule has 1 amide bonds. The number of hydrogen-bond acceptors (Lipinski definition) is 2. The highest BCUT2D eigenvalue weighted by atomic mass is 32.2. The lowest BCUT2D eigenvalue weighted by atomic mass is 10.1. The number of rotatable bonds is 6. The topological polar surface area (TPSA) is 29.1 Å². The summed E-state index contributed by atoms with van der Waals surface area (Å²) in [6.07, 6.45) is 3.41. The zero-order chi connectivity index (χ0) is 14.9. The van der Waals surface area contributed by atoms with Crippen LogP contribution in [0.1, 0.15) is 11.1 Å². The fourth-order valence-electron chi connectivity index (χ4n) is 1.77. The average Bonchev–Trinajstić information content (AvgIpc) is 2.52. The lowest BCUT2D eigenvalue weighted by Gasteiger charge is -2.02. The van der Waals surface area contributed by atoms with Crippen molar-refractivity contribution in [3.05, 3.63) is 71.8 Å². The van der Waals surface area contributed by atoms with Crippen molar-refractivity contribution in [1.29, 1.82) is 0 Å². The van der Waals surface area contributed by atoms with Crippen LogP contribution in [0.15, 0.2) is 65.6 Å². The molecule has 21 heavy (non-hydrogen) atoms. The molecular formula is C18H19NOS. The molecule has 2 rings (SSSR count). The van der Waals surface area contributed by atoms with Crippen molar-refractivity contribution in [2.75, 3.05) is 12.3 Å². The number of benzene rings is 2. The number of amides is 1. The number of aryl methyl sites for hydroxylation is 1. The molecule has 1 N–H and O–H groups in total. The molecule has 3 heteroatoms. The van der Waals surface area contributed by atoms with Crippen LogP contribution in [0.2, 0.25) is 0 Å². The monoisotopic (exact) mass is 297 g/mol. The summed E-state index contributed by atoms with van der Waals surface area (Å²) < 4.78 is 0. The molecule has 108 valence electrons. The zero-order valence-corrected chi connectivity index (χ0v) is 12.9. The largest absolute Gasteiger partial charge is 0.352 e. The van der Waals surface area contributed by atoms with E-state index in [1.54, 1.807) is 17.8 Å². The molecule has 0 aromatic heterocycles. The van der Waals surface area contributed by atoms with E-state index in [1.807, 2.05) is 55.5 Å². The number of carbonyl (C=O) groups excluding carboxylic acids is 1. The van der Waals surface area contributed by atoms with Gasteiger partial charge in [0.25, 0.3) is 0 Å². The van der Waals surface area contributed by atoms with E-state index in [-0.39, 0.29) is 5.91 Å². The Bertz CT molecular complexity index is 590. The summed E-state index contributed by atoms with van der Waals surface area (Å²) in [6.45, 7) is 2.71. The van der Waals surface area contributed by atoms with Gasteiger partial charge in [-0.25, -0.2) is 0 Å². The molecule has 0 aliphatic rings. The van der Waals surface area contributed by atoms with E-state index in [0.717, 1.165) is 11.3 Å². The van der Waals surface area contributed by atoms with Crippen LogP contribution in [-0.4, -0.2) is 18.2 Å². The van der Waals surface area contributed by atoms with E-state index < -0.39 is 0 Å². The highest BCUT2D eigenvalue weighted by molar-refractivity contribution is 7.99. The Hall–Kier alpha value is -2.00. The smallest absolute Gasteiger partial charge is 0.244 e. The Balaban J connectivity index is 1.69. The summed E-state index contributed by atoms with van der Waals surface area (Å²) >= 11 is 1.74. The SMILES string of the molecule is Cc1ccc(/C=C/C(=O)NCCSc2ccccc2)cc1. The predicted molar refractivity (Wildman–Crippen MR) is 90.4 cm³/mol. The van der Waals surface area contributed by atoms with Crippen LogP contribution in [0, 0.1) is 6.92 Å². The molecule has 2 aromatic carbocycles. The van der Waals surface area contributed by atoms with Crippen LogP contribution in [0.4, 0.5) is 0 Å². The van der Waals surface area contributed by atoms with Gasteiger partial charge in [-0.2, -0.15) is 0 Å². The van der Waals surface area contributed by atoms with Gasteiger partial charge in [-0.05, 0) is 30.7 Å². The molecule has 0 aliphatic heterocycles. The van der Waals surface area contributed by atoms with E-state index in [0.29, 0.717) is 6.54 Å². The molecule has 0 bridgehead atoms. The molecule has 0 saturated carbocycles. The molecule has 2 nitrogen and oxygen atoms in total. The average molecular weight is 297 g/mol. The summed E-state index contributed by atoms with van der Waals surface area (Å²) in [7, 11) is 0. The van der Waals surface area contributed by atoms with Gasteiger partial charge in [0, 0.05) is 23.3 Å². The summed E-state index contributed by atoms with van der Waals surface area (Å²) in [6, 6.07) is 18.3. The van der Waals surface area contributed by atoms with Crippen molar-refractivity contribution in [3.8, 4) is 0 Å². The van der Waals surface area contributed by atoms with E-state index in [1.165, 1.54) is 10.5 Å². The van der Waals surface area contributed by atoms with E-state index >= 15 is 0 Å². The first-order chi connectivity index (χ1) is 10.2. The van der Waals surface area contributed by atoms with Crippen LogP contribution in [0.25, 0.3) is 6.08 Å². The number of hydrogen-bond donors (Lipinski definition) is 1. The molecule has 0 unspecified atom stereocenters. The molecule has 0 fully saturated rings. The minimum absolute atomic E-state index is 0.0516. The van der Waals surface area contributed by atoms with Gasteiger partial charge in [0.2, 0.25) is 5.91 Å². The van der Waals surface area contributed by atoms with Gasteiger partial charge >= 0.3 is 0 Å². The van der Waals surface area contributed by atoms with Crippen molar-refractivity contribution in [1.82, 2.24) is 5.32 Å². The highest BCUT2D eigenvalue weighted by Gasteiger charge is 1.96. The summed E-state index contributed by atoms with van der Waals surface area (Å²) in [5.74, 6) is 0.818. The molecular weight excluding hydrogens is 278 g/mol. The zero-order valence-electron chi connectivity index (χ0n) is 12.1. The van der Waals surface area contributed by atoms with Gasteiger partial charge in [0.1, 0.15) is 0 Å². The molecule has 0 saturated heterocycles. The molecule has 0 spiro atoms. The van der Waals surface area contributed by atoms with Gasteiger partial charge in [-0.1, -0.05) is 48.0 Å². The Morgan fingerprint density at radius 1 is 1.10 bits per heavy atom. The van der Waals surface area contributed by atoms with Gasteiger partial charge in [0.15, 0.2) is 0 Å².